The zero-order chi connectivity index (χ0) is 15.8. The van der Waals surface area contributed by atoms with E-state index in [1.165, 1.54) is 0 Å². The Morgan fingerprint density at radius 1 is 1.29 bits per heavy atom. The minimum atomic E-state index is -0.531. The van der Waals surface area contributed by atoms with Gasteiger partial charge in [0.25, 0.3) is 5.91 Å². The molecule has 1 aromatic carbocycles. The van der Waals surface area contributed by atoms with Crippen molar-refractivity contribution in [2.45, 2.75) is 39.3 Å². The number of ether oxygens (including phenoxy) is 1. The van der Waals surface area contributed by atoms with Crippen molar-refractivity contribution in [3.8, 4) is 0 Å². The highest BCUT2D eigenvalue weighted by atomic mass is 16.5. The molecule has 1 amide bonds. The topological polar surface area (TPSA) is 55.6 Å². The van der Waals surface area contributed by atoms with Crippen LogP contribution in [0.15, 0.2) is 30.3 Å². The highest BCUT2D eigenvalue weighted by Gasteiger charge is 2.24. The van der Waals surface area contributed by atoms with Gasteiger partial charge in [-0.2, -0.15) is 0 Å². The van der Waals surface area contributed by atoms with Crippen LogP contribution in [0.1, 0.15) is 38.9 Å². The first-order chi connectivity index (χ1) is 9.97. The monoisotopic (exact) mass is 292 g/mol. The van der Waals surface area contributed by atoms with Gasteiger partial charge in [-0.3, -0.25) is 4.79 Å². The highest BCUT2D eigenvalue weighted by Crippen LogP contribution is 2.20. The Kier molecular flexibility index (Phi) is 7.40. The molecule has 0 aliphatic heterocycles. The van der Waals surface area contributed by atoms with Gasteiger partial charge in [0.05, 0.1) is 0 Å². The van der Waals surface area contributed by atoms with Gasteiger partial charge < -0.3 is 15.4 Å². The normalized spacial score (nSPS) is 14.0. The lowest BCUT2D eigenvalue weighted by Crippen LogP contribution is -2.37. The average molecular weight is 292 g/mol. The molecule has 2 unspecified atom stereocenters. The molecule has 0 aliphatic carbocycles. The minimum Gasteiger partial charge on any atom is -0.364 e. The smallest absolute Gasteiger partial charge is 0.256 e. The number of nitrogens with two attached hydrogens (primary N) is 1. The second-order valence-electron chi connectivity index (χ2n) is 5.70. The predicted octanol–water partition coefficient (Wildman–Crippen LogP) is 2.60. The van der Waals surface area contributed by atoms with Crippen LogP contribution < -0.4 is 5.73 Å². The molecule has 0 fully saturated rings. The van der Waals surface area contributed by atoms with Crippen LogP contribution in [0.5, 0.6) is 0 Å². The van der Waals surface area contributed by atoms with E-state index in [2.05, 4.69) is 13.8 Å². The van der Waals surface area contributed by atoms with Crippen LogP contribution in [0.4, 0.5) is 0 Å². The first-order valence-corrected chi connectivity index (χ1v) is 7.64. The average Bonchev–Trinajstić information content (AvgIpc) is 2.49. The van der Waals surface area contributed by atoms with Gasteiger partial charge in [0.1, 0.15) is 0 Å². The Balaban J connectivity index is 2.68. The van der Waals surface area contributed by atoms with Crippen LogP contribution in [-0.4, -0.2) is 37.0 Å². The van der Waals surface area contributed by atoms with Crippen LogP contribution in [0, 0.1) is 5.92 Å². The lowest BCUT2D eigenvalue weighted by molar-refractivity contribution is -0.142. The minimum absolute atomic E-state index is 0.0148. The molecule has 1 rings (SSSR count). The van der Waals surface area contributed by atoms with Gasteiger partial charge in [-0.05, 0) is 24.8 Å². The first-order valence-electron chi connectivity index (χ1n) is 7.64. The van der Waals surface area contributed by atoms with Crippen molar-refractivity contribution in [1.29, 1.82) is 0 Å². The van der Waals surface area contributed by atoms with Crippen molar-refractivity contribution in [3.63, 3.8) is 0 Å². The number of benzene rings is 1. The molecule has 4 nitrogen and oxygen atoms in total. The highest BCUT2D eigenvalue weighted by molar-refractivity contribution is 5.82. The number of carbonyl (C=O) groups is 1. The number of amides is 1. The zero-order valence-corrected chi connectivity index (χ0v) is 13.6. The summed E-state index contributed by atoms with van der Waals surface area (Å²) in [5.41, 5.74) is 6.93. The Morgan fingerprint density at radius 3 is 2.43 bits per heavy atom. The molecule has 0 spiro atoms. The number of carbonyl (C=O) groups excluding carboxylic acids is 1. The van der Waals surface area contributed by atoms with Crippen LogP contribution in [0.3, 0.4) is 0 Å². The third-order valence-electron chi connectivity index (χ3n) is 3.69. The maximum absolute atomic E-state index is 12.6. The summed E-state index contributed by atoms with van der Waals surface area (Å²) >= 11 is 0. The molecule has 1 aromatic rings. The van der Waals surface area contributed by atoms with Gasteiger partial charge in [-0.25, -0.2) is 0 Å². The Morgan fingerprint density at radius 2 is 1.90 bits per heavy atom. The fraction of sp³-hybridized carbons (Fsp3) is 0.588. The Bertz CT molecular complexity index is 420. The van der Waals surface area contributed by atoms with Crippen LogP contribution >= 0.6 is 0 Å². The molecule has 2 N–H and O–H groups in total. The van der Waals surface area contributed by atoms with Crippen molar-refractivity contribution in [2.75, 3.05) is 20.2 Å². The number of rotatable bonds is 8. The summed E-state index contributed by atoms with van der Waals surface area (Å²) in [6, 6.07) is 9.73. The van der Waals surface area contributed by atoms with Crippen molar-refractivity contribution in [2.24, 2.45) is 11.7 Å². The van der Waals surface area contributed by atoms with Crippen molar-refractivity contribution in [3.05, 3.63) is 35.9 Å². The third kappa shape index (κ3) is 5.48. The SMILES string of the molecule is CCOC(C(=O)N(C)CCC(N)C(C)C)c1ccccc1. The fourth-order valence-electron chi connectivity index (χ4n) is 2.09. The lowest BCUT2D eigenvalue weighted by Gasteiger charge is -2.26. The third-order valence-corrected chi connectivity index (χ3v) is 3.69. The van der Waals surface area contributed by atoms with Crippen LogP contribution in [-0.2, 0) is 9.53 Å². The molecular formula is C17H28N2O2. The van der Waals surface area contributed by atoms with Gasteiger partial charge >= 0.3 is 0 Å². The van der Waals surface area contributed by atoms with Crippen LogP contribution in [0.25, 0.3) is 0 Å². The lowest BCUT2D eigenvalue weighted by atomic mass is 10.0. The summed E-state index contributed by atoms with van der Waals surface area (Å²) in [5.74, 6) is 0.407. The summed E-state index contributed by atoms with van der Waals surface area (Å²) in [4.78, 5) is 14.3. The molecule has 4 heteroatoms. The molecule has 21 heavy (non-hydrogen) atoms. The van der Waals surface area contributed by atoms with Crippen LogP contribution in [0.2, 0.25) is 0 Å². The first kappa shape index (κ1) is 17.7. The van der Waals surface area contributed by atoms with E-state index in [1.807, 2.05) is 44.3 Å². The molecule has 0 saturated heterocycles. The maximum atomic E-state index is 12.6. The molecule has 0 aromatic heterocycles. The second-order valence-corrected chi connectivity index (χ2v) is 5.70. The number of hydrogen-bond acceptors (Lipinski definition) is 3. The second kappa shape index (κ2) is 8.80. The Labute approximate surface area is 128 Å². The van der Waals surface area contributed by atoms with Gasteiger partial charge in [-0.1, -0.05) is 44.2 Å². The summed E-state index contributed by atoms with van der Waals surface area (Å²) in [7, 11) is 1.81. The van der Waals surface area contributed by atoms with E-state index in [4.69, 9.17) is 10.5 Å². The fourth-order valence-corrected chi connectivity index (χ4v) is 2.09. The quantitative estimate of drug-likeness (QED) is 0.801. The molecule has 0 bridgehead atoms. The predicted molar refractivity (Wildman–Crippen MR) is 85.9 cm³/mol. The molecule has 0 saturated carbocycles. The van der Waals surface area contributed by atoms with Crippen molar-refractivity contribution in [1.82, 2.24) is 4.90 Å². The molecule has 0 heterocycles. The van der Waals surface area contributed by atoms with Crippen molar-refractivity contribution >= 4 is 5.91 Å². The molecule has 118 valence electrons. The van der Waals surface area contributed by atoms with E-state index in [-0.39, 0.29) is 11.9 Å². The summed E-state index contributed by atoms with van der Waals surface area (Å²) < 4.78 is 5.64. The van der Waals surface area contributed by atoms with E-state index in [0.717, 1.165) is 12.0 Å². The van der Waals surface area contributed by atoms with E-state index in [9.17, 15) is 4.79 Å². The molecule has 0 radical (unpaired) electrons. The molecule has 2 atom stereocenters. The van der Waals surface area contributed by atoms with E-state index >= 15 is 0 Å². The van der Waals surface area contributed by atoms with Gasteiger partial charge in [0, 0.05) is 26.2 Å². The molecule has 0 aliphatic rings. The number of hydrogen-bond donors (Lipinski definition) is 1. The van der Waals surface area contributed by atoms with E-state index in [1.54, 1.807) is 4.90 Å². The number of nitrogens with zero attached hydrogens (tertiary/aromatic N) is 1. The van der Waals surface area contributed by atoms with E-state index in [0.29, 0.717) is 19.1 Å². The van der Waals surface area contributed by atoms with E-state index < -0.39 is 6.10 Å². The summed E-state index contributed by atoms with van der Waals surface area (Å²) in [6.45, 7) is 7.25. The molecular weight excluding hydrogens is 264 g/mol. The van der Waals surface area contributed by atoms with Crippen molar-refractivity contribution < 1.29 is 9.53 Å². The van der Waals surface area contributed by atoms with Gasteiger partial charge in [-0.15, -0.1) is 0 Å². The maximum Gasteiger partial charge on any atom is 0.256 e. The zero-order valence-electron chi connectivity index (χ0n) is 13.6. The number of likely N-dealkylation sites (N-methyl/N-ethyl adjacent to an activating group) is 1. The Hall–Kier alpha value is -1.39. The van der Waals surface area contributed by atoms with Gasteiger partial charge in [0.15, 0.2) is 6.10 Å². The largest absolute Gasteiger partial charge is 0.364 e. The standard InChI is InChI=1S/C17H28N2O2/c1-5-21-16(14-9-7-6-8-10-14)17(20)19(4)12-11-15(18)13(2)3/h6-10,13,15-16H,5,11-12,18H2,1-4H3. The van der Waals surface area contributed by atoms with Gasteiger partial charge in [0.2, 0.25) is 0 Å². The summed E-state index contributed by atoms with van der Waals surface area (Å²) in [5, 5.41) is 0. The summed E-state index contributed by atoms with van der Waals surface area (Å²) in [6.07, 6.45) is 0.268.